The van der Waals surface area contributed by atoms with Gasteiger partial charge in [0.05, 0.1) is 5.69 Å². The van der Waals surface area contributed by atoms with Crippen molar-refractivity contribution in [1.29, 1.82) is 0 Å². The first-order valence-corrected chi connectivity index (χ1v) is 9.23. The Bertz CT molecular complexity index is 567. The Morgan fingerprint density at radius 1 is 1.35 bits per heavy atom. The van der Waals surface area contributed by atoms with Gasteiger partial charge in [-0.3, -0.25) is 0 Å². The van der Waals surface area contributed by atoms with Gasteiger partial charge in [-0.15, -0.1) is 0 Å². The largest absolute Gasteiger partial charge is 0.398 e. The van der Waals surface area contributed by atoms with Gasteiger partial charge < -0.3 is 5.73 Å². The fourth-order valence-corrected chi connectivity index (χ4v) is 4.84. The molecule has 1 saturated heterocycles. The molecule has 2 N–H and O–H groups in total. The van der Waals surface area contributed by atoms with Crippen LogP contribution >= 0.6 is 15.9 Å². The van der Waals surface area contributed by atoms with E-state index in [4.69, 9.17) is 5.73 Å². The minimum atomic E-state index is -3.48. The van der Waals surface area contributed by atoms with Gasteiger partial charge in [0.25, 0.3) is 0 Å². The first kappa shape index (κ1) is 15.8. The van der Waals surface area contributed by atoms with Gasteiger partial charge in [0.2, 0.25) is 10.0 Å². The van der Waals surface area contributed by atoms with Crippen LogP contribution in [0.25, 0.3) is 0 Å². The number of hydrogen-bond donors (Lipinski definition) is 1. The smallest absolute Gasteiger partial charge is 0.245 e. The van der Waals surface area contributed by atoms with E-state index in [1.165, 1.54) is 6.42 Å². The Labute approximate surface area is 129 Å². The SMILES string of the molecule is CCCC1CCN(S(=O)(=O)c2cc(Br)ccc2N)CC1. The fraction of sp³-hybridized carbons (Fsp3) is 0.571. The second-order valence-corrected chi connectivity index (χ2v) is 8.14. The van der Waals surface area contributed by atoms with E-state index in [1.807, 2.05) is 0 Å². The minimum Gasteiger partial charge on any atom is -0.398 e. The molecule has 0 saturated carbocycles. The van der Waals surface area contributed by atoms with Crippen LogP contribution in [0, 0.1) is 5.92 Å². The zero-order valence-corrected chi connectivity index (χ0v) is 14.1. The van der Waals surface area contributed by atoms with Crippen LogP contribution in [-0.4, -0.2) is 25.8 Å². The molecule has 0 atom stereocenters. The zero-order valence-electron chi connectivity index (χ0n) is 11.7. The van der Waals surface area contributed by atoms with Gasteiger partial charge in [0.1, 0.15) is 4.90 Å². The van der Waals surface area contributed by atoms with Gasteiger partial charge in [-0.2, -0.15) is 4.31 Å². The van der Waals surface area contributed by atoms with E-state index in [1.54, 1.807) is 22.5 Å². The van der Waals surface area contributed by atoms with Crippen LogP contribution < -0.4 is 5.73 Å². The van der Waals surface area contributed by atoms with Crippen LogP contribution in [0.5, 0.6) is 0 Å². The summed E-state index contributed by atoms with van der Waals surface area (Å²) in [5.74, 6) is 0.659. The van der Waals surface area contributed by atoms with Gasteiger partial charge in [-0.25, -0.2) is 8.42 Å². The lowest BCUT2D eigenvalue weighted by atomic mass is 9.94. The lowest BCUT2D eigenvalue weighted by Crippen LogP contribution is -2.38. The Kier molecular flexibility index (Phi) is 5.09. The molecule has 0 amide bonds. The van der Waals surface area contributed by atoms with Crippen molar-refractivity contribution in [3.63, 3.8) is 0 Å². The van der Waals surface area contributed by atoms with Crippen LogP contribution in [0.1, 0.15) is 32.6 Å². The Morgan fingerprint density at radius 2 is 2.00 bits per heavy atom. The molecule has 1 heterocycles. The molecule has 1 aromatic carbocycles. The second-order valence-electron chi connectivity index (χ2n) is 5.32. The van der Waals surface area contributed by atoms with Crippen molar-refractivity contribution in [3.05, 3.63) is 22.7 Å². The number of nitrogens with zero attached hydrogens (tertiary/aromatic N) is 1. The number of anilines is 1. The summed E-state index contributed by atoms with van der Waals surface area (Å²) >= 11 is 3.30. The lowest BCUT2D eigenvalue weighted by molar-refractivity contribution is 0.262. The van der Waals surface area contributed by atoms with Crippen molar-refractivity contribution >= 4 is 31.6 Å². The highest BCUT2D eigenvalue weighted by molar-refractivity contribution is 9.10. The molecular formula is C14H21BrN2O2S. The summed E-state index contributed by atoms with van der Waals surface area (Å²) in [6.45, 7) is 3.36. The first-order valence-electron chi connectivity index (χ1n) is 7.00. The normalized spacial score (nSPS) is 18.3. The second kappa shape index (κ2) is 6.45. The highest BCUT2D eigenvalue weighted by Gasteiger charge is 2.30. The van der Waals surface area contributed by atoms with Crippen LogP contribution in [0.3, 0.4) is 0 Å². The number of halogens is 1. The molecule has 0 unspecified atom stereocenters. The molecule has 4 nitrogen and oxygen atoms in total. The molecule has 112 valence electrons. The van der Waals surface area contributed by atoms with Crippen LogP contribution in [0.15, 0.2) is 27.6 Å². The number of rotatable bonds is 4. The summed E-state index contributed by atoms with van der Waals surface area (Å²) in [4.78, 5) is 0.209. The van der Waals surface area contributed by atoms with Gasteiger partial charge in [-0.05, 0) is 37.0 Å². The van der Waals surface area contributed by atoms with Crippen molar-refractivity contribution in [2.24, 2.45) is 5.92 Å². The molecule has 1 fully saturated rings. The molecule has 1 aliphatic rings. The Hall–Kier alpha value is -0.590. The van der Waals surface area contributed by atoms with E-state index in [-0.39, 0.29) is 4.90 Å². The molecular weight excluding hydrogens is 340 g/mol. The summed E-state index contributed by atoms with van der Waals surface area (Å²) in [5, 5.41) is 0. The van der Waals surface area contributed by atoms with Gasteiger partial charge in [0, 0.05) is 17.6 Å². The number of hydrogen-bond acceptors (Lipinski definition) is 3. The van der Waals surface area contributed by atoms with E-state index < -0.39 is 10.0 Å². The monoisotopic (exact) mass is 360 g/mol. The van der Waals surface area contributed by atoms with Crippen LogP contribution in [-0.2, 0) is 10.0 Å². The molecule has 0 aromatic heterocycles. The van der Waals surface area contributed by atoms with Crippen LogP contribution in [0.4, 0.5) is 5.69 Å². The molecule has 0 bridgehead atoms. The molecule has 6 heteroatoms. The third-order valence-electron chi connectivity index (χ3n) is 3.86. The van der Waals surface area contributed by atoms with Crippen molar-refractivity contribution in [3.8, 4) is 0 Å². The average molecular weight is 361 g/mol. The fourth-order valence-electron chi connectivity index (χ4n) is 2.72. The predicted octanol–water partition coefficient (Wildman–Crippen LogP) is 3.23. The summed E-state index contributed by atoms with van der Waals surface area (Å²) < 4.78 is 27.6. The maximum absolute atomic E-state index is 12.6. The zero-order chi connectivity index (χ0) is 14.8. The van der Waals surface area contributed by atoms with Crippen molar-refractivity contribution in [1.82, 2.24) is 4.31 Å². The molecule has 0 radical (unpaired) electrons. The van der Waals surface area contributed by atoms with Crippen molar-refractivity contribution < 1.29 is 8.42 Å². The number of sulfonamides is 1. The molecule has 2 rings (SSSR count). The van der Waals surface area contributed by atoms with E-state index in [2.05, 4.69) is 22.9 Å². The third kappa shape index (κ3) is 3.35. The number of benzene rings is 1. The molecule has 20 heavy (non-hydrogen) atoms. The molecule has 0 spiro atoms. The van der Waals surface area contributed by atoms with E-state index in [0.29, 0.717) is 24.7 Å². The number of nitrogen functional groups attached to an aromatic ring is 1. The van der Waals surface area contributed by atoms with Crippen molar-refractivity contribution in [2.75, 3.05) is 18.8 Å². The summed E-state index contributed by atoms with van der Waals surface area (Å²) in [5.41, 5.74) is 6.14. The van der Waals surface area contributed by atoms with E-state index >= 15 is 0 Å². The minimum absolute atomic E-state index is 0.209. The highest BCUT2D eigenvalue weighted by Crippen LogP contribution is 2.30. The predicted molar refractivity (Wildman–Crippen MR) is 84.9 cm³/mol. The summed E-state index contributed by atoms with van der Waals surface area (Å²) in [6, 6.07) is 4.96. The maximum Gasteiger partial charge on any atom is 0.245 e. The summed E-state index contributed by atoms with van der Waals surface area (Å²) in [7, 11) is -3.48. The van der Waals surface area contributed by atoms with Crippen molar-refractivity contribution in [2.45, 2.75) is 37.5 Å². The Morgan fingerprint density at radius 3 is 2.60 bits per heavy atom. The summed E-state index contributed by atoms with van der Waals surface area (Å²) in [6.07, 6.45) is 4.24. The maximum atomic E-state index is 12.6. The van der Waals surface area contributed by atoms with E-state index in [0.717, 1.165) is 23.7 Å². The third-order valence-corrected chi connectivity index (χ3v) is 6.31. The van der Waals surface area contributed by atoms with E-state index in [9.17, 15) is 8.42 Å². The van der Waals surface area contributed by atoms with Gasteiger partial charge in [0.15, 0.2) is 0 Å². The molecule has 1 aliphatic heterocycles. The molecule has 0 aliphatic carbocycles. The quantitative estimate of drug-likeness (QED) is 0.838. The van der Waals surface area contributed by atoms with Gasteiger partial charge in [-0.1, -0.05) is 35.7 Å². The first-order chi connectivity index (χ1) is 9.45. The Balaban J connectivity index is 2.18. The standard InChI is InChI=1S/C14H21BrN2O2S/c1-2-3-11-6-8-17(9-7-11)20(18,19)14-10-12(15)4-5-13(14)16/h4-5,10-11H,2-3,6-9,16H2,1H3. The molecule has 1 aromatic rings. The van der Waals surface area contributed by atoms with Crippen LogP contribution in [0.2, 0.25) is 0 Å². The highest BCUT2D eigenvalue weighted by atomic mass is 79.9. The topological polar surface area (TPSA) is 63.4 Å². The lowest BCUT2D eigenvalue weighted by Gasteiger charge is -2.31. The number of piperidine rings is 1. The number of nitrogens with two attached hydrogens (primary N) is 1. The van der Waals surface area contributed by atoms with Gasteiger partial charge >= 0.3 is 0 Å². The average Bonchev–Trinajstić information content (AvgIpc) is 2.42.